The first-order valence-corrected chi connectivity index (χ1v) is 10.5. The van der Waals surface area contributed by atoms with Crippen LogP contribution in [0.3, 0.4) is 0 Å². The van der Waals surface area contributed by atoms with Gasteiger partial charge in [-0.1, -0.05) is 47.5 Å². The van der Waals surface area contributed by atoms with Crippen molar-refractivity contribution >= 4 is 35.5 Å². The normalized spacial score (nSPS) is 14.1. The first-order chi connectivity index (χ1) is 15.9. The fraction of sp³-hybridized carbons (Fsp3) is 0.115. The lowest BCUT2D eigenvalue weighted by Gasteiger charge is -2.13. The van der Waals surface area contributed by atoms with E-state index in [0.29, 0.717) is 16.7 Å². The molecule has 0 radical (unpaired) electrons. The lowest BCUT2D eigenvalue weighted by molar-refractivity contribution is -0.129. The molecule has 0 fully saturated rings. The van der Waals surface area contributed by atoms with Crippen LogP contribution in [0.25, 0.3) is 6.08 Å². The largest absolute Gasteiger partial charge is 0.493 e. The van der Waals surface area contributed by atoms with Crippen LogP contribution in [0.1, 0.15) is 32.6 Å². The molecule has 0 atom stereocenters. The van der Waals surface area contributed by atoms with Crippen LogP contribution in [0.2, 0.25) is 5.02 Å². The average Bonchev–Trinajstić information content (AvgIpc) is 3.16. The van der Waals surface area contributed by atoms with Gasteiger partial charge >= 0.3 is 11.9 Å². The number of rotatable bonds is 5. The number of cyclic esters (lactones) is 1. The molecule has 0 saturated heterocycles. The minimum Gasteiger partial charge on any atom is -0.493 e. The maximum Gasteiger partial charge on any atom is 0.363 e. The summed E-state index contributed by atoms with van der Waals surface area (Å²) in [4.78, 5) is 29.3. The zero-order valence-corrected chi connectivity index (χ0v) is 19.0. The molecule has 3 aromatic rings. The summed E-state index contributed by atoms with van der Waals surface area (Å²) in [5, 5.41) is 0.150. The van der Waals surface area contributed by atoms with Gasteiger partial charge in [-0.05, 0) is 61.4 Å². The molecule has 0 spiro atoms. The van der Waals surface area contributed by atoms with Gasteiger partial charge in [-0.25, -0.2) is 14.6 Å². The van der Waals surface area contributed by atoms with E-state index < -0.39 is 11.9 Å². The number of esters is 2. The maximum absolute atomic E-state index is 12.6. The number of hydrogen-bond donors (Lipinski definition) is 0. The number of ether oxygens (including phenoxy) is 3. The molecule has 0 aromatic heterocycles. The van der Waals surface area contributed by atoms with Crippen LogP contribution < -0.4 is 9.47 Å². The molecule has 0 bridgehead atoms. The van der Waals surface area contributed by atoms with Crippen LogP contribution in [0, 0.1) is 13.8 Å². The summed E-state index contributed by atoms with van der Waals surface area (Å²) in [6.07, 6.45) is 1.53. The molecule has 7 heteroatoms. The number of carbonyl (C=O) groups is 2. The van der Waals surface area contributed by atoms with Crippen molar-refractivity contribution in [1.82, 2.24) is 0 Å². The van der Waals surface area contributed by atoms with Crippen LogP contribution in [0.4, 0.5) is 0 Å². The van der Waals surface area contributed by atoms with E-state index in [9.17, 15) is 9.59 Å². The quantitative estimate of drug-likeness (QED) is 0.284. The van der Waals surface area contributed by atoms with Gasteiger partial charge in [-0.15, -0.1) is 0 Å². The molecule has 0 unspecified atom stereocenters. The highest BCUT2D eigenvalue weighted by atomic mass is 35.5. The van der Waals surface area contributed by atoms with Crippen LogP contribution in [0.5, 0.6) is 11.5 Å². The predicted molar refractivity (Wildman–Crippen MR) is 126 cm³/mol. The topological polar surface area (TPSA) is 74.2 Å². The summed E-state index contributed by atoms with van der Waals surface area (Å²) in [7, 11) is 1.44. The first-order valence-electron chi connectivity index (χ1n) is 10.1. The van der Waals surface area contributed by atoms with Crippen molar-refractivity contribution in [2.75, 3.05) is 7.11 Å². The van der Waals surface area contributed by atoms with E-state index in [-0.39, 0.29) is 28.1 Å². The number of methoxy groups -OCH3 is 1. The van der Waals surface area contributed by atoms with Gasteiger partial charge in [0.1, 0.15) is 0 Å². The van der Waals surface area contributed by atoms with E-state index in [2.05, 4.69) is 4.99 Å². The number of carbonyl (C=O) groups excluding carboxylic acids is 2. The van der Waals surface area contributed by atoms with Crippen molar-refractivity contribution in [2.24, 2.45) is 4.99 Å². The zero-order valence-electron chi connectivity index (χ0n) is 18.2. The summed E-state index contributed by atoms with van der Waals surface area (Å²) in [5.41, 5.74) is 3.65. The highest BCUT2D eigenvalue weighted by molar-refractivity contribution is 6.32. The second-order valence-corrected chi connectivity index (χ2v) is 7.85. The molecule has 0 aliphatic carbocycles. The molecule has 0 N–H and O–H groups in total. The molecule has 6 nitrogen and oxygen atoms in total. The SMILES string of the molecule is COc1cc(/C=C2\N=C(c3ccc(C)cc3)OC2=O)cc(Cl)c1OC(=O)c1ccccc1C. The molecule has 1 aliphatic heterocycles. The average molecular weight is 462 g/mol. The third-order valence-electron chi connectivity index (χ3n) is 5.03. The second-order valence-electron chi connectivity index (χ2n) is 7.44. The second kappa shape index (κ2) is 9.30. The molecule has 0 amide bonds. The maximum atomic E-state index is 12.6. The lowest BCUT2D eigenvalue weighted by atomic mass is 10.1. The number of nitrogens with zero attached hydrogens (tertiary/aromatic N) is 1. The molecule has 0 saturated carbocycles. The van der Waals surface area contributed by atoms with Crippen molar-refractivity contribution in [3.05, 3.63) is 99.2 Å². The van der Waals surface area contributed by atoms with E-state index in [1.807, 2.05) is 50.2 Å². The lowest BCUT2D eigenvalue weighted by Crippen LogP contribution is -2.11. The number of aliphatic imine (C=N–C) groups is 1. The van der Waals surface area contributed by atoms with E-state index in [1.165, 1.54) is 13.2 Å². The Labute approximate surface area is 196 Å². The fourth-order valence-electron chi connectivity index (χ4n) is 3.26. The zero-order chi connectivity index (χ0) is 23.5. The van der Waals surface area contributed by atoms with Gasteiger partial charge in [0, 0.05) is 5.56 Å². The minimum absolute atomic E-state index is 0.0902. The molecule has 1 aliphatic rings. The van der Waals surface area contributed by atoms with Crippen LogP contribution in [0.15, 0.2) is 71.4 Å². The fourth-order valence-corrected chi connectivity index (χ4v) is 3.52. The van der Waals surface area contributed by atoms with Crippen LogP contribution in [-0.2, 0) is 9.53 Å². The van der Waals surface area contributed by atoms with Gasteiger partial charge in [-0.2, -0.15) is 0 Å². The van der Waals surface area contributed by atoms with Crippen LogP contribution >= 0.6 is 11.6 Å². The van der Waals surface area contributed by atoms with Crippen molar-refractivity contribution in [3.63, 3.8) is 0 Å². The summed E-state index contributed by atoms with van der Waals surface area (Å²) in [6, 6.07) is 17.7. The Hall–Kier alpha value is -3.90. The summed E-state index contributed by atoms with van der Waals surface area (Å²) in [6.45, 7) is 3.79. The predicted octanol–water partition coefficient (Wildman–Crippen LogP) is 5.53. The molecule has 3 aromatic carbocycles. The monoisotopic (exact) mass is 461 g/mol. The molecule has 1 heterocycles. The third-order valence-corrected chi connectivity index (χ3v) is 5.31. The highest BCUT2D eigenvalue weighted by Crippen LogP contribution is 2.38. The standard InChI is InChI=1S/C26H20ClNO5/c1-15-8-10-18(11-9-15)24-28-21(26(30)33-24)13-17-12-20(27)23(22(14-17)31-3)32-25(29)19-7-5-4-6-16(19)2/h4-14H,1-3H3/b21-13-. The highest BCUT2D eigenvalue weighted by Gasteiger charge is 2.25. The van der Waals surface area contributed by atoms with Gasteiger partial charge in [0.05, 0.1) is 17.7 Å². The first kappa shape index (κ1) is 22.3. The number of halogens is 1. The number of hydrogen-bond acceptors (Lipinski definition) is 6. The minimum atomic E-state index is -0.573. The Kier molecular flexibility index (Phi) is 6.29. The number of benzene rings is 3. The van der Waals surface area contributed by atoms with Gasteiger partial charge in [-0.3, -0.25) is 0 Å². The van der Waals surface area contributed by atoms with Crippen molar-refractivity contribution in [3.8, 4) is 11.5 Å². The van der Waals surface area contributed by atoms with E-state index in [0.717, 1.165) is 11.1 Å². The van der Waals surface area contributed by atoms with E-state index in [1.54, 1.807) is 24.3 Å². The molecular weight excluding hydrogens is 442 g/mol. The molecule has 33 heavy (non-hydrogen) atoms. The van der Waals surface area contributed by atoms with E-state index in [4.69, 9.17) is 25.8 Å². The Morgan fingerprint density at radius 1 is 1.06 bits per heavy atom. The third kappa shape index (κ3) is 4.81. The summed E-state index contributed by atoms with van der Waals surface area (Å²) >= 11 is 6.41. The van der Waals surface area contributed by atoms with Crippen molar-refractivity contribution in [2.45, 2.75) is 13.8 Å². The molecule has 166 valence electrons. The molecule has 4 rings (SSSR count). The Morgan fingerprint density at radius 2 is 1.79 bits per heavy atom. The van der Waals surface area contributed by atoms with Gasteiger partial charge < -0.3 is 14.2 Å². The Balaban J connectivity index is 1.63. The smallest absolute Gasteiger partial charge is 0.363 e. The van der Waals surface area contributed by atoms with Crippen molar-refractivity contribution < 1.29 is 23.8 Å². The van der Waals surface area contributed by atoms with Crippen LogP contribution in [-0.4, -0.2) is 24.9 Å². The molecular formula is C26H20ClNO5. The van der Waals surface area contributed by atoms with Gasteiger partial charge in [0.15, 0.2) is 17.2 Å². The summed E-state index contributed by atoms with van der Waals surface area (Å²) in [5.74, 6) is -0.562. The van der Waals surface area contributed by atoms with Crippen molar-refractivity contribution in [1.29, 1.82) is 0 Å². The Morgan fingerprint density at radius 3 is 2.48 bits per heavy atom. The number of aryl methyl sites for hydroxylation is 2. The van der Waals surface area contributed by atoms with Gasteiger partial charge in [0.25, 0.3) is 0 Å². The van der Waals surface area contributed by atoms with Gasteiger partial charge in [0.2, 0.25) is 5.90 Å². The summed E-state index contributed by atoms with van der Waals surface area (Å²) < 4.78 is 16.2. The van der Waals surface area contributed by atoms with E-state index >= 15 is 0 Å². The Bertz CT molecular complexity index is 1310.